The summed E-state index contributed by atoms with van der Waals surface area (Å²) < 4.78 is 7.02. The van der Waals surface area contributed by atoms with E-state index in [1.165, 1.54) is 16.4 Å². The number of carbonyl (C=O) groups is 2. The number of carbonyl (C=O) groups excluding carboxylic acids is 2. The van der Waals surface area contributed by atoms with Crippen molar-refractivity contribution in [3.05, 3.63) is 65.1 Å². The van der Waals surface area contributed by atoms with Gasteiger partial charge in [0.25, 0.3) is 0 Å². The highest BCUT2D eigenvalue weighted by Crippen LogP contribution is 2.10. The van der Waals surface area contributed by atoms with Crippen molar-refractivity contribution >= 4 is 28.8 Å². The Hall–Kier alpha value is -3.13. The van der Waals surface area contributed by atoms with E-state index >= 15 is 0 Å². The second-order valence-electron chi connectivity index (χ2n) is 6.69. The van der Waals surface area contributed by atoms with Gasteiger partial charge in [0.15, 0.2) is 0 Å². The maximum absolute atomic E-state index is 12.2. The van der Waals surface area contributed by atoms with Gasteiger partial charge in [-0.15, -0.1) is 0 Å². The second-order valence-corrected chi connectivity index (χ2v) is 7.47. The summed E-state index contributed by atoms with van der Waals surface area (Å²) in [7, 11) is 0. The molecule has 0 bridgehead atoms. The number of nitrogens with one attached hydrogen (secondary N) is 2. The molecule has 0 unspecified atom stereocenters. The summed E-state index contributed by atoms with van der Waals surface area (Å²) in [5.41, 5.74) is 1.76. The standard InChI is InChI=1S/C21H24N4O3S/c1-16(11-17-8-10-29-15-17)23-21(27)14-25-13-18(12-22-25)24-20(26)7-9-28-19-5-3-2-4-6-19/h2-6,8,10,12-13,15-16H,7,9,11,14H2,1H3,(H,23,27)(H,24,26)/t16-/m1/s1. The van der Waals surface area contributed by atoms with E-state index in [0.29, 0.717) is 5.69 Å². The van der Waals surface area contributed by atoms with E-state index in [9.17, 15) is 9.59 Å². The van der Waals surface area contributed by atoms with Crippen LogP contribution < -0.4 is 15.4 Å². The molecule has 2 amide bonds. The molecule has 29 heavy (non-hydrogen) atoms. The van der Waals surface area contributed by atoms with Crippen LogP contribution >= 0.6 is 11.3 Å². The van der Waals surface area contributed by atoms with E-state index in [-0.39, 0.29) is 37.4 Å². The molecular formula is C21H24N4O3S. The average molecular weight is 413 g/mol. The van der Waals surface area contributed by atoms with Gasteiger partial charge >= 0.3 is 0 Å². The molecule has 8 heteroatoms. The van der Waals surface area contributed by atoms with Crippen molar-refractivity contribution in [3.8, 4) is 5.75 Å². The molecule has 2 aromatic heterocycles. The Balaban J connectivity index is 1.38. The lowest BCUT2D eigenvalue weighted by molar-refractivity contribution is -0.122. The minimum Gasteiger partial charge on any atom is -0.493 e. The van der Waals surface area contributed by atoms with Crippen LogP contribution in [0, 0.1) is 0 Å². The first-order valence-electron chi connectivity index (χ1n) is 9.39. The minimum atomic E-state index is -0.172. The molecule has 0 radical (unpaired) electrons. The summed E-state index contributed by atoms with van der Waals surface area (Å²) in [6.45, 7) is 2.36. The van der Waals surface area contributed by atoms with E-state index in [4.69, 9.17) is 4.74 Å². The molecule has 0 aliphatic rings. The topological polar surface area (TPSA) is 85.2 Å². The van der Waals surface area contributed by atoms with Crippen LogP contribution in [-0.4, -0.2) is 34.2 Å². The lowest BCUT2D eigenvalue weighted by Crippen LogP contribution is -2.36. The predicted octanol–water partition coefficient (Wildman–Crippen LogP) is 3.10. The first-order valence-corrected chi connectivity index (χ1v) is 10.3. The van der Waals surface area contributed by atoms with Crippen LogP contribution in [0.3, 0.4) is 0 Å². The smallest absolute Gasteiger partial charge is 0.241 e. The van der Waals surface area contributed by atoms with Crippen molar-refractivity contribution in [3.63, 3.8) is 0 Å². The van der Waals surface area contributed by atoms with Crippen LogP contribution in [0.2, 0.25) is 0 Å². The van der Waals surface area contributed by atoms with Gasteiger partial charge in [-0.3, -0.25) is 14.3 Å². The molecule has 152 valence electrons. The lowest BCUT2D eigenvalue weighted by Gasteiger charge is -2.13. The molecule has 0 fully saturated rings. The highest BCUT2D eigenvalue weighted by atomic mass is 32.1. The Bertz CT molecular complexity index is 909. The van der Waals surface area contributed by atoms with E-state index in [1.807, 2.05) is 42.6 Å². The maximum atomic E-state index is 12.2. The summed E-state index contributed by atoms with van der Waals surface area (Å²) in [4.78, 5) is 24.2. The van der Waals surface area contributed by atoms with Gasteiger partial charge in [-0.2, -0.15) is 16.4 Å². The largest absolute Gasteiger partial charge is 0.493 e. The van der Waals surface area contributed by atoms with Gasteiger partial charge in [0, 0.05) is 12.2 Å². The SMILES string of the molecule is C[C@H](Cc1ccsc1)NC(=O)Cn1cc(NC(=O)CCOc2ccccc2)cn1. The number of benzene rings is 1. The molecule has 3 rings (SSSR count). The molecule has 2 heterocycles. The fourth-order valence-corrected chi connectivity index (χ4v) is 3.48. The third-order valence-corrected chi connectivity index (χ3v) is 4.83. The van der Waals surface area contributed by atoms with Crippen molar-refractivity contribution in [1.82, 2.24) is 15.1 Å². The molecular weight excluding hydrogens is 388 g/mol. The van der Waals surface area contributed by atoms with Crippen molar-refractivity contribution < 1.29 is 14.3 Å². The van der Waals surface area contributed by atoms with Crippen LogP contribution in [-0.2, 0) is 22.6 Å². The summed E-state index contributed by atoms with van der Waals surface area (Å²) in [5, 5.41) is 14.0. The van der Waals surface area contributed by atoms with Crippen molar-refractivity contribution in [2.24, 2.45) is 0 Å². The van der Waals surface area contributed by atoms with Gasteiger partial charge in [-0.05, 0) is 47.9 Å². The summed E-state index contributed by atoms with van der Waals surface area (Å²) in [6.07, 6.45) is 4.18. The quantitative estimate of drug-likeness (QED) is 0.536. The van der Waals surface area contributed by atoms with Gasteiger partial charge in [0.1, 0.15) is 12.3 Å². The number of ether oxygens (including phenoxy) is 1. The Morgan fingerprint density at radius 1 is 1.21 bits per heavy atom. The van der Waals surface area contributed by atoms with Crippen LogP contribution in [0.4, 0.5) is 5.69 Å². The molecule has 0 aliphatic carbocycles. The number of hydrogen-bond acceptors (Lipinski definition) is 5. The van der Waals surface area contributed by atoms with Crippen LogP contribution in [0.15, 0.2) is 59.6 Å². The van der Waals surface area contributed by atoms with E-state index in [2.05, 4.69) is 27.2 Å². The first kappa shape index (κ1) is 20.6. The molecule has 7 nitrogen and oxygen atoms in total. The van der Waals surface area contributed by atoms with Gasteiger partial charge in [0.2, 0.25) is 11.8 Å². The summed E-state index contributed by atoms with van der Waals surface area (Å²) >= 11 is 1.65. The molecule has 3 aromatic rings. The zero-order chi connectivity index (χ0) is 20.5. The summed E-state index contributed by atoms with van der Waals surface area (Å²) in [5.74, 6) is 0.437. The number of hydrogen-bond donors (Lipinski definition) is 2. The number of amides is 2. The number of anilines is 1. The molecule has 1 atom stereocenters. The van der Waals surface area contributed by atoms with E-state index < -0.39 is 0 Å². The minimum absolute atomic E-state index is 0.0384. The molecule has 1 aromatic carbocycles. The number of rotatable bonds is 10. The highest BCUT2D eigenvalue weighted by Gasteiger charge is 2.11. The second kappa shape index (κ2) is 10.4. The number of aromatic nitrogens is 2. The number of thiophene rings is 1. The summed E-state index contributed by atoms with van der Waals surface area (Å²) in [6, 6.07) is 11.4. The average Bonchev–Trinajstić information content (AvgIpc) is 3.34. The first-order chi connectivity index (χ1) is 14.1. The lowest BCUT2D eigenvalue weighted by atomic mass is 10.1. The van der Waals surface area contributed by atoms with Gasteiger partial charge in [-0.1, -0.05) is 18.2 Å². The normalized spacial score (nSPS) is 11.6. The Kier molecular flexibility index (Phi) is 7.40. The third kappa shape index (κ3) is 7.08. The fourth-order valence-electron chi connectivity index (χ4n) is 2.80. The van der Waals surface area contributed by atoms with Crippen molar-refractivity contribution in [1.29, 1.82) is 0 Å². The fraction of sp³-hybridized carbons (Fsp3) is 0.286. The maximum Gasteiger partial charge on any atom is 0.241 e. The highest BCUT2D eigenvalue weighted by molar-refractivity contribution is 7.07. The molecule has 2 N–H and O–H groups in total. The van der Waals surface area contributed by atoms with E-state index in [1.54, 1.807) is 17.5 Å². The molecule has 0 saturated carbocycles. The molecule has 0 aliphatic heterocycles. The Morgan fingerprint density at radius 2 is 2.03 bits per heavy atom. The van der Waals surface area contributed by atoms with Crippen molar-refractivity contribution in [2.45, 2.75) is 32.4 Å². The zero-order valence-electron chi connectivity index (χ0n) is 16.2. The van der Waals surface area contributed by atoms with Crippen LogP contribution in [0.5, 0.6) is 5.75 Å². The van der Waals surface area contributed by atoms with Gasteiger partial charge < -0.3 is 15.4 Å². The van der Waals surface area contributed by atoms with Gasteiger partial charge in [0.05, 0.1) is 24.9 Å². The number of para-hydroxylation sites is 1. The molecule has 0 saturated heterocycles. The molecule has 0 spiro atoms. The number of nitrogens with zero attached hydrogens (tertiary/aromatic N) is 2. The van der Waals surface area contributed by atoms with Crippen LogP contribution in [0.25, 0.3) is 0 Å². The van der Waals surface area contributed by atoms with E-state index in [0.717, 1.165) is 12.2 Å². The van der Waals surface area contributed by atoms with Crippen LogP contribution in [0.1, 0.15) is 18.9 Å². The Morgan fingerprint density at radius 3 is 2.79 bits per heavy atom. The third-order valence-electron chi connectivity index (χ3n) is 4.09. The Labute approximate surface area is 173 Å². The predicted molar refractivity (Wildman–Crippen MR) is 113 cm³/mol. The zero-order valence-corrected chi connectivity index (χ0v) is 17.0. The van der Waals surface area contributed by atoms with Crippen molar-refractivity contribution in [2.75, 3.05) is 11.9 Å². The van der Waals surface area contributed by atoms with Gasteiger partial charge in [-0.25, -0.2) is 0 Å². The monoisotopic (exact) mass is 412 g/mol.